The number of nitrogens with one attached hydrogen (secondary N) is 2. The van der Waals surface area contributed by atoms with E-state index in [2.05, 4.69) is 10.6 Å². The van der Waals surface area contributed by atoms with Crippen LogP contribution < -0.4 is 10.6 Å². The molecule has 3 fully saturated rings. The van der Waals surface area contributed by atoms with Crippen molar-refractivity contribution in [2.75, 3.05) is 26.2 Å². The molecule has 1 aromatic carbocycles. The third-order valence-corrected chi connectivity index (χ3v) is 6.32. The van der Waals surface area contributed by atoms with Crippen LogP contribution in [0, 0.1) is 0 Å². The standard InChI is InChI=1S/C24H32N4O3/c29-22(13-8-18-6-9-19(10-7-18)23(30)25-21-11-12-21)27-14-16-28(17-15-27)24(31)26-20-4-2-1-3-5-20/h6-10,13,20-21H,1-5,11-12,14-17H2,(H,25,30)(H,26,31)/b13-8+. The lowest BCUT2D eigenvalue weighted by atomic mass is 9.96. The number of urea groups is 1. The van der Waals surface area contributed by atoms with E-state index < -0.39 is 0 Å². The van der Waals surface area contributed by atoms with Gasteiger partial charge in [0.2, 0.25) is 5.91 Å². The van der Waals surface area contributed by atoms with E-state index in [1.54, 1.807) is 29.2 Å². The van der Waals surface area contributed by atoms with Crippen molar-refractivity contribution in [3.05, 3.63) is 41.5 Å². The van der Waals surface area contributed by atoms with E-state index in [4.69, 9.17) is 0 Å². The molecule has 4 rings (SSSR count). The number of piperazine rings is 1. The molecule has 3 aliphatic rings. The zero-order valence-electron chi connectivity index (χ0n) is 18.0. The van der Waals surface area contributed by atoms with Crippen LogP contribution in [0.5, 0.6) is 0 Å². The van der Waals surface area contributed by atoms with Gasteiger partial charge in [0.05, 0.1) is 0 Å². The molecule has 0 radical (unpaired) electrons. The van der Waals surface area contributed by atoms with E-state index in [-0.39, 0.29) is 17.8 Å². The number of carbonyl (C=O) groups is 3. The van der Waals surface area contributed by atoms with Crippen molar-refractivity contribution >= 4 is 23.9 Å². The van der Waals surface area contributed by atoms with Gasteiger partial charge in [-0.05, 0) is 49.5 Å². The van der Waals surface area contributed by atoms with Gasteiger partial charge >= 0.3 is 6.03 Å². The van der Waals surface area contributed by atoms with Crippen molar-refractivity contribution in [2.24, 2.45) is 0 Å². The maximum absolute atomic E-state index is 12.5. The van der Waals surface area contributed by atoms with Gasteiger partial charge in [0, 0.05) is 49.9 Å². The molecule has 0 spiro atoms. The van der Waals surface area contributed by atoms with Gasteiger partial charge in [-0.2, -0.15) is 0 Å². The number of amides is 4. The molecule has 2 saturated carbocycles. The molecule has 7 nitrogen and oxygen atoms in total. The Morgan fingerprint density at radius 2 is 1.39 bits per heavy atom. The summed E-state index contributed by atoms with van der Waals surface area (Å²) in [5, 5.41) is 6.11. The first-order valence-corrected chi connectivity index (χ1v) is 11.5. The minimum Gasteiger partial charge on any atom is -0.349 e. The predicted molar refractivity (Wildman–Crippen MR) is 120 cm³/mol. The third-order valence-electron chi connectivity index (χ3n) is 6.32. The van der Waals surface area contributed by atoms with Crippen molar-refractivity contribution in [1.82, 2.24) is 20.4 Å². The fourth-order valence-electron chi connectivity index (χ4n) is 4.16. The Bertz CT molecular complexity index is 818. The Hall–Kier alpha value is -2.83. The monoisotopic (exact) mass is 424 g/mol. The summed E-state index contributed by atoms with van der Waals surface area (Å²) in [5.41, 5.74) is 1.51. The molecule has 1 saturated heterocycles. The second-order valence-corrected chi connectivity index (χ2v) is 8.80. The summed E-state index contributed by atoms with van der Waals surface area (Å²) >= 11 is 0. The fraction of sp³-hybridized carbons (Fsp3) is 0.542. The molecule has 1 aliphatic heterocycles. The van der Waals surface area contributed by atoms with E-state index in [1.165, 1.54) is 19.3 Å². The number of rotatable bonds is 5. The van der Waals surface area contributed by atoms with Gasteiger partial charge in [-0.25, -0.2) is 4.79 Å². The van der Waals surface area contributed by atoms with Crippen molar-refractivity contribution in [3.63, 3.8) is 0 Å². The summed E-state index contributed by atoms with van der Waals surface area (Å²) in [4.78, 5) is 40.6. The Morgan fingerprint density at radius 3 is 2.03 bits per heavy atom. The first-order chi connectivity index (χ1) is 15.1. The van der Waals surface area contributed by atoms with Gasteiger partial charge in [-0.15, -0.1) is 0 Å². The first-order valence-electron chi connectivity index (χ1n) is 11.5. The minimum atomic E-state index is -0.0529. The molecule has 0 bridgehead atoms. The Labute approximate surface area is 183 Å². The van der Waals surface area contributed by atoms with E-state index in [9.17, 15) is 14.4 Å². The smallest absolute Gasteiger partial charge is 0.317 e. The van der Waals surface area contributed by atoms with Crippen LogP contribution in [-0.4, -0.2) is 65.9 Å². The number of benzene rings is 1. The van der Waals surface area contributed by atoms with Crippen LogP contribution in [-0.2, 0) is 4.79 Å². The van der Waals surface area contributed by atoms with Crippen molar-refractivity contribution in [3.8, 4) is 0 Å². The molecule has 0 aromatic heterocycles. The number of carbonyl (C=O) groups excluding carboxylic acids is 3. The van der Waals surface area contributed by atoms with Crippen LogP contribution in [0.1, 0.15) is 60.9 Å². The second kappa shape index (κ2) is 9.98. The van der Waals surface area contributed by atoms with Crippen LogP contribution in [0.3, 0.4) is 0 Å². The molecule has 4 amide bonds. The van der Waals surface area contributed by atoms with E-state index in [0.717, 1.165) is 31.2 Å². The maximum atomic E-state index is 12.5. The molecule has 166 valence electrons. The van der Waals surface area contributed by atoms with E-state index in [0.29, 0.717) is 43.8 Å². The fourth-order valence-corrected chi connectivity index (χ4v) is 4.16. The molecule has 7 heteroatoms. The van der Waals surface area contributed by atoms with Gasteiger partial charge in [0.25, 0.3) is 5.91 Å². The SMILES string of the molecule is O=C(NC1CC1)c1ccc(/C=C/C(=O)N2CCN(C(=O)NC3CCCCC3)CC2)cc1. The molecule has 2 aliphatic carbocycles. The Morgan fingerprint density at radius 1 is 0.774 bits per heavy atom. The highest BCUT2D eigenvalue weighted by molar-refractivity contribution is 5.95. The largest absolute Gasteiger partial charge is 0.349 e. The highest BCUT2D eigenvalue weighted by atomic mass is 16.2. The van der Waals surface area contributed by atoms with Gasteiger partial charge in [0.15, 0.2) is 0 Å². The Kier molecular flexibility index (Phi) is 6.89. The molecule has 0 atom stereocenters. The highest BCUT2D eigenvalue weighted by Gasteiger charge is 2.25. The average Bonchev–Trinajstić information content (AvgIpc) is 3.62. The van der Waals surface area contributed by atoms with Crippen molar-refractivity contribution < 1.29 is 14.4 Å². The van der Waals surface area contributed by atoms with Gasteiger partial charge in [-0.3, -0.25) is 9.59 Å². The van der Waals surface area contributed by atoms with Crippen LogP contribution in [0.4, 0.5) is 4.79 Å². The molecular weight excluding hydrogens is 392 g/mol. The summed E-state index contributed by atoms with van der Waals surface area (Å²) in [6.07, 6.45) is 11.3. The lowest BCUT2D eigenvalue weighted by Gasteiger charge is -2.35. The summed E-state index contributed by atoms with van der Waals surface area (Å²) in [5.74, 6) is -0.0950. The average molecular weight is 425 g/mol. The summed E-state index contributed by atoms with van der Waals surface area (Å²) in [7, 11) is 0. The van der Waals surface area contributed by atoms with Crippen molar-refractivity contribution in [2.45, 2.75) is 57.0 Å². The third kappa shape index (κ3) is 6.09. The van der Waals surface area contributed by atoms with Gasteiger partial charge < -0.3 is 20.4 Å². The van der Waals surface area contributed by atoms with Gasteiger partial charge in [0.1, 0.15) is 0 Å². The molecule has 1 aromatic rings. The summed E-state index contributed by atoms with van der Waals surface area (Å²) < 4.78 is 0. The number of nitrogens with zero attached hydrogens (tertiary/aromatic N) is 2. The Balaban J connectivity index is 1.21. The lowest BCUT2D eigenvalue weighted by Crippen LogP contribution is -2.54. The quantitative estimate of drug-likeness (QED) is 0.713. The van der Waals surface area contributed by atoms with E-state index in [1.807, 2.05) is 17.0 Å². The van der Waals surface area contributed by atoms with Crippen molar-refractivity contribution in [1.29, 1.82) is 0 Å². The first kappa shape index (κ1) is 21.4. The molecule has 2 N–H and O–H groups in total. The maximum Gasteiger partial charge on any atom is 0.317 e. The predicted octanol–water partition coefficient (Wildman–Crippen LogP) is 2.78. The molecule has 1 heterocycles. The topological polar surface area (TPSA) is 81.8 Å². The number of hydrogen-bond donors (Lipinski definition) is 2. The molecule has 0 unspecified atom stereocenters. The number of hydrogen-bond acceptors (Lipinski definition) is 3. The van der Waals surface area contributed by atoms with Crippen LogP contribution in [0.15, 0.2) is 30.3 Å². The molecule has 31 heavy (non-hydrogen) atoms. The molecular formula is C24H32N4O3. The minimum absolute atomic E-state index is 0.000327. The lowest BCUT2D eigenvalue weighted by molar-refractivity contribution is -0.127. The van der Waals surface area contributed by atoms with Crippen LogP contribution >= 0.6 is 0 Å². The van der Waals surface area contributed by atoms with Gasteiger partial charge in [-0.1, -0.05) is 31.4 Å². The highest BCUT2D eigenvalue weighted by Crippen LogP contribution is 2.20. The zero-order valence-corrected chi connectivity index (χ0v) is 18.0. The van der Waals surface area contributed by atoms with Crippen LogP contribution in [0.2, 0.25) is 0 Å². The zero-order chi connectivity index (χ0) is 21.6. The van der Waals surface area contributed by atoms with E-state index >= 15 is 0 Å². The summed E-state index contributed by atoms with van der Waals surface area (Å²) in [6, 6.07) is 7.90. The normalized spacial score (nSPS) is 20.0. The second-order valence-electron chi connectivity index (χ2n) is 8.80. The van der Waals surface area contributed by atoms with Crippen LogP contribution in [0.25, 0.3) is 6.08 Å². The summed E-state index contributed by atoms with van der Waals surface area (Å²) in [6.45, 7) is 2.20.